The second-order valence-corrected chi connectivity index (χ2v) is 6.40. The van der Waals surface area contributed by atoms with Gasteiger partial charge in [-0.1, -0.05) is 6.92 Å². The molecule has 25 heavy (non-hydrogen) atoms. The Bertz CT molecular complexity index is 702. The van der Waals surface area contributed by atoms with Crippen molar-refractivity contribution in [1.82, 2.24) is 15.2 Å². The van der Waals surface area contributed by atoms with Crippen LogP contribution in [0.4, 0.5) is 0 Å². The number of hydrogen-bond acceptors (Lipinski definition) is 4. The molecule has 7 heteroatoms. The van der Waals surface area contributed by atoms with Crippen LogP contribution in [0.3, 0.4) is 0 Å². The number of nitrogens with zero attached hydrogens (tertiary/aromatic N) is 2. The smallest absolute Gasteiger partial charge is 0.266 e. The minimum atomic E-state index is -0.354. The molecule has 0 spiro atoms. The Labute approximate surface area is 155 Å². The zero-order valence-electron chi connectivity index (χ0n) is 15.1. The lowest BCUT2D eigenvalue weighted by Crippen LogP contribution is -2.42. The van der Waals surface area contributed by atoms with Gasteiger partial charge in [0.25, 0.3) is 5.56 Å². The van der Waals surface area contributed by atoms with Gasteiger partial charge in [0.05, 0.1) is 0 Å². The van der Waals surface area contributed by atoms with E-state index in [9.17, 15) is 9.59 Å². The Morgan fingerprint density at radius 2 is 2.12 bits per heavy atom. The summed E-state index contributed by atoms with van der Waals surface area (Å²) in [6, 6.07) is 2.24. The van der Waals surface area contributed by atoms with Crippen LogP contribution in [0.15, 0.2) is 4.79 Å². The second-order valence-electron chi connectivity index (χ2n) is 6.40. The summed E-state index contributed by atoms with van der Waals surface area (Å²) in [5, 5.41) is 12.5. The maximum Gasteiger partial charge on any atom is 0.266 e. The van der Waals surface area contributed by atoms with Crippen molar-refractivity contribution in [2.45, 2.75) is 52.5 Å². The topological polar surface area (TPSA) is 89.0 Å². The van der Waals surface area contributed by atoms with E-state index in [1.807, 2.05) is 17.9 Å². The average molecular weight is 367 g/mol. The van der Waals surface area contributed by atoms with Gasteiger partial charge in [-0.05, 0) is 50.8 Å². The van der Waals surface area contributed by atoms with Crippen LogP contribution in [0.1, 0.15) is 48.6 Å². The van der Waals surface area contributed by atoms with Gasteiger partial charge in [-0.2, -0.15) is 5.26 Å². The number of hydrogen-bond donors (Lipinski definition) is 2. The number of aryl methyl sites for hydroxylation is 1. The molecule has 6 nitrogen and oxygen atoms in total. The van der Waals surface area contributed by atoms with Crippen molar-refractivity contribution in [3.05, 3.63) is 32.7 Å². The van der Waals surface area contributed by atoms with Crippen molar-refractivity contribution in [1.29, 1.82) is 5.26 Å². The van der Waals surface area contributed by atoms with E-state index in [4.69, 9.17) is 5.26 Å². The van der Waals surface area contributed by atoms with Crippen molar-refractivity contribution in [3.63, 3.8) is 0 Å². The van der Waals surface area contributed by atoms with Crippen molar-refractivity contribution in [2.75, 3.05) is 19.6 Å². The molecule has 2 rings (SSSR count). The molecule has 1 unspecified atom stereocenters. The van der Waals surface area contributed by atoms with Gasteiger partial charge >= 0.3 is 0 Å². The number of aromatic amines is 1. The van der Waals surface area contributed by atoms with Gasteiger partial charge in [0, 0.05) is 31.2 Å². The van der Waals surface area contributed by atoms with Crippen LogP contribution in [-0.2, 0) is 11.2 Å². The molecule has 1 atom stereocenters. The summed E-state index contributed by atoms with van der Waals surface area (Å²) in [7, 11) is 0. The number of carbonyl (C=O) groups is 1. The van der Waals surface area contributed by atoms with Crippen molar-refractivity contribution < 1.29 is 4.79 Å². The second kappa shape index (κ2) is 9.59. The van der Waals surface area contributed by atoms with E-state index in [1.54, 1.807) is 6.92 Å². The molecule has 0 aliphatic carbocycles. The number of aromatic nitrogens is 1. The minimum absolute atomic E-state index is 0. The van der Waals surface area contributed by atoms with Gasteiger partial charge in [0.15, 0.2) is 0 Å². The lowest BCUT2D eigenvalue weighted by atomic mass is 9.98. The van der Waals surface area contributed by atoms with Crippen LogP contribution in [-0.4, -0.2) is 41.5 Å². The van der Waals surface area contributed by atoms with E-state index in [-0.39, 0.29) is 35.5 Å². The third kappa shape index (κ3) is 4.83. The summed E-state index contributed by atoms with van der Waals surface area (Å²) in [6.45, 7) is 8.28. The number of carbonyl (C=O) groups excluding carboxylic acids is 1. The third-order valence-corrected chi connectivity index (χ3v) is 4.77. The van der Waals surface area contributed by atoms with Crippen LogP contribution in [0, 0.1) is 25.2 Å². The number of rotatable bonds is 6. The van der Waals surface area contributed by atoms with Gasteiger partial charge in [-0.3, -0.25) is 9.59 Å². The standard InChI is InChI=1S/C18H26N4O2.ClH/c1-4-9-22(14-7-8-20-11-14)17(23)6-5-15-12(2)16(10-19)18(24)21-13(15)3;/h14,20H,4-9,11H2,1-3H3,(H,21,24);1H. The minimum Gasteiger partial charge on any atom is -0.338 e. The summed E-state index contributed by atoms with van der Waals surface area (Å²) in [6.07, 6.45) is 2.88. The van der Waals surface area contributed by atoms with Crippen LogP contribution in [0.2, 0.25) is 0 Å². The quantitative estimate of drug-likeness (QED) is 0.803. The molecule has 0 saturated carbocycles. The van der Waals surface area contributed by atoms with Gasteiger partial charge < -0.3 is 15.2 Å². The van der Waals surface area contributed by atoms with E-state index < -0.39 is 0 Å². The Kier molecular flexibility index (Phi) is 8.14. The number of nitriles is 1. The van der Waals surface area contributed by atoms with E-state index >= 15 is 0 Å². The third-order valence-electron chi connectivity index (χ3n) is 4.77. The maximum absolute atomic E-state index is 12.7. The lowest BCUT2D eigenvalue weighted by Gasteiger charge is -2.28. The first kappa shape index (κ1) is 21.2. The average Bonchev–Trinajstić information content (AvgIpc) is 3.06. The summed E-state index contributed by atoms with van der Waals surface area (Å²) < 4.78 is 0. The van der Waals surface area contributed by atoms with Crippen LogP contribution in [0.25, 0.3) is 0 Å². The van der Waals surface area contributed by atoms with Crippen molar-refractivity contribution in [2.24, 2.45) is 0 Å². The molecule has 138 valence electrons. The first-order chi connectivity index (χ1) is 11.5. The molecule has 1 saturated heterocycles. The van der Waals surface area contributed by atoms with Crippen LogP contribution in [0.5, 0.6) is 0 Å². The molecule has 0 bridgehead atoms. The molecule has 1 fully saturated rings. The van der Waals surface area contributed by atoms with Gasteiger partial charge in [-0.25, -0.2) is 0 Å². The fourth-order valence-corrected chi connectivity index (χ4v) is 3.45. The molecule has 1 aromatic rings. The number of pyridine rings is 1. The Morgan fingerprint density at radius 3 is 2.68 bits per heavy atom. The van der Waals surface area contributed by atoms with Gasteiger partial charge in [0.2, 0.25) is 5.91 Å². The summed E-state index contributed by atoms with van der Waals surface area (Å²) in [5.74, 6) is 0.147. The molecule has 2 N–H and O–H groups in total. The molecule has 2 heterocycles. The van der Waals surface area contributed by atoms with Gasteiger partial charge in [-0.15, -0.1) is 12.4 Å². The number of amides is 1. The van der Waals surface area contributed by atoms with Gasteiger partial charge in [0.1, 0.15) is 11.6 Å². The highest BCUT2D eigenvalue weighted by Gasteiger charge is 2.25. The Morgan fingerprint density at radius 1 is 1.40 bits per heavy atom. The predicted octanol–water partition coefficient (Wildman–Crippen LogP) is 1.82. The zero-order chi connectivity index (χ0) is 17.7. The Balaban J connectivity index is 0.00000312. The Hall–Kier alpha value is -1.84. The predicted molar refractivity (Wildman–Crippen MR) is 100 cm³/mol. The molecular formula is C18H27ClN4O2. The highest BCUT2D eigenvalue weighted by molar-refractivity contribution is 5.85. The highest BCUT2D eigenvalue weighted by Crippen LogP contribution is 2.17. The molecular weight excluding hydrogens is 340 g/mol. The van der Waals surface area contributed by atoms with Crippen LogP contribution >= 0.6 is 12.4 Å². The summed E-state index contributed by atoms with van der Waals surface area (Å²) >= 11 is 0. The fraction of sp³-hybridized carbons (Fsp3) is 0.611. The largest absolute Gasteiger partial charge is 0.338 e. The van der Waals surface area contributed by atoms with Crippen molar-refractivity contribution in [3.8, 4) is 6.07 Å². The number of halogens is 1. The molecule has 1 aliphatic heterocycles. The fourth-order valence-electron chi connectivity index (χ4n) is 3.45. The summed E-state index contributed by atoms with van der Waals surface area (Å²) in [5.41, 5.74) is 2.13. The molecule has 0 aromatic carbocycles. The first-order valence-corrected chi connectivity index (χ1v) is 8.62. The first-order valence-electron chi connectivity index (χ1n) is 8.62. The molecule has 1 aliphatic rings. The lowest BCUT2D eigenvalue weighted by molar-refractivity contribution is -0.133. The monoisotopic (exact) mass is 366 g/mol. The van der Waals surface area contributed by atoms with E-state index in [0.29, 0.717) is 18.4 Å². The SMILES string of the molecule is CCCN(C(=O)CCc1c(C)[nH]c(=O)c(C#N)c1C)C1CCNC1.Cl. The van der Waals surface area contributed by atoms with E-state index in [2.05, 4.69) is 17.2 Å². The summed E-state index contributed by atoms with van der Waals surface area (Å²) in [4.78, 5) is 29.2. The van der Waals surface area contributed by atoms with Crippen molar-refractivity contribution >= 4 is 18.3 Å². The number of H-pyrrole nitrogens is 1. The normalized spacial score (nSPS) is 16.2. The zero-order valence-corrected chi connectivity index (χ0v) is 16.0. The highest BCUT2D eigenvalue weighted by atomic mass is 35.5. The van der Waals surface area contributed by atoms with Crippen LogP contribution < -0.4 is 10.9 Å². The maximum atomic E-state index is 12.7. The molecule has 1 aromatic heterocycles. The molecule has 1 amide bonds. The van der Waals surface area contributed by atoms with E-state index in [1.165, 1.54) is 0 Å². The molecule has 0 radical (unpaired) electrons. The van der Waals surface area contributed by atoms with E-state index in [0.717, 1.165) is 43.7 Å². The number of nitrogens with one attached hydrogen (secondary N) is 2.